The second-order valence-corrected chi connectivity index (χ2v) is 21.4. The van der Waals surface area contributed by atoms with Crippen molar-refractivity contribution in [1.29, 1.82) is 0 Å². The second kappa shape index (κ2) is 18.3. The first kappa shape index (κ1) is 38.3. The van der Waals surface area contributed by atoms with Crippen LogP contribution in [0.5, 0.6) is 11.5 Å². The van der Waals surface area contributed by atoms with Gasteiger partial charge in [-0.15, -0.1) is 48.1 Å². The molecule has 0 saturated carbocycles. The third-order valence-electron chi connectivity index (χ3n) is 14.1. The van der Waals surface area contributed by atoms with Gasteiger partial charge in [0.2, 0.25) is 0 Å². The minimum absolute atomic E-state index is 0. The average Bonchev–Trinajstić information content (AvgIpc) is 4.01. The quantitative estimate of drug-likeness (QED) is 0.135. The van der Waals surface area contributed by atoms with E-state index in [1.807, 2.05) is 95.5 Å². The van der Waals surface area contributed by atoms with E-state index in [1.165, 1.54) is 5.56 Å². The molecule has 7 aromatic carbocycles. The van der Waals surface area contributed by atoms with Crippen LogP contribution in [-0.4, -0.2) is 9.55 Å². The van der Waals surface area contributed by atoms with Gasteiger partial charge < -0.3 is 19.1 Å². The van der Waals surface area contributed by atoms with Gasteiger partial charge in [-0.1, -0.05) is 146 Å². The standard InChI is InChI=1S/C65H63N4O.Pt/c1-42(2)33-44-35-53(45-18-15-17-43(3)34-45)62(54(36-44)46-25-28-55-56(37-46)65(9,10)31-30-64(55,7)8)68-41-67(58-23-13-14-24-59(58)68)48-19-16-20-49(39-48)70-50-26-27-52-51-21-11-12-22-57(51)69(60(52)40-50)61-38-47(29-32-66-61)63(4,5)6;/h11-29,32,34-38,41-42H,30-31,33H2,1-10H3;/q-3;/i3D3,15D,17D,18D,33D2,34D;. The molecule has 1 aliphatic heterocycles. The number of rotatable bonds is 9. The molecule has 0 fully saturated rings. The van der Waals surface area contributed by atoms with E-state index in [2.05, 4.69) is 108 Å². The summed E-state index contributed by atoms with van der Waals surface area (Å²) in [6, 6.07) is 44.3. The van der Waals surface area contributed by atoms with Crippen molar-refractivity contribution < 1.29 is 38.1 Å². The van der Waals surface area contributed by atoms with Gasteiger partial charge in [0.15, 0.2) is 0 Å². The van der Waals surface area contributed by atoms with Gasteiger partial charge in [0, 0.05) is 79.3 Å². The number of hydrogen-bond donors (Lipinski definition) is 0. The molecule has 2 aliphatic rings. The van der Waals surface area contributed by atoms with Crippen LogP contribution in [0.1, 0.15) is 115 Å². The van der Waals surface area contributed by atoms with E-state index in [0.29, 0.717) is 34.1 Å². The van der Waals surface area contributed by atoms with E-state index >= 15 is 0 Å². The summed E-state index contributed by atoms with van der Waals surface area (Å²) < 4.78 is 90.5. The van der Waals surface area contributed by atoms with E-state index in [-0.39, 0.29) is 54.0 Å². The Labute approximate surface area is 448 Å². The van der Waals surface area contributed by atoms with Crippen LogP contribution in [-0.2, 0) is 43.7 Å². The minimum atomic E-state index is -2.97. The Morgan fingerprint density at radius 1 is 0.761 bits per heavy atom. The Kier molecular flexibility index (Phi) is 9.88. The van der Waals surface area contributed by atoms with Crippen molar-refractivity contribution in [3.8, 4) is 39.6 Å². The van der Waals surface area contributed by atoms with Crippen molar-refractivity contribution in [2.45, 2.75) is 105 Å². The number of pyridine rings is 1. The Hall–Kier alpha value is -6.42. The molecular formula is C65H63N4OPt-3. The zero-order valence-electron chi connectivity index (χ0n) is 50.7. The van der Waals surface area contributed by atoms with Crippen LogP contribution in [0, 0.1) is 31.6 Å². The molecule has 362 valence electrons. The first-order chi connectivity index (χ1) is 37.2. The number of benzene rings is 7. The van der Waals surface area contributed by atoms with Gasteiger partial charge >= 0.3 is 0 Å². The van der Waals surface area contributed by atoms with Crippen molar-refractivity contribution in [1.82, 2.24) is 9.55 Å². The normalized spacial score (nSPS) is 17.2. The first-order valence-corrected chi connectivity index (χ1v) is 24.3. The maximum absolute atomic E-state index is 9.64. The van der Waals surface area contributed by atoms with Gasteiger partial charge in [0.1, 0.15) is 5.82 Å². The van der Waals surface area contributed by atoms with Crippen LogP contribution in [0.2, 0.25) is 0 Å². The number of fused-ring (bicyclic) bond motifs is 5. The number of hydrogen-bond acceptors (Lipinski definition) is 4. The van der Waals surface area contributed by atoms with E-state index in [4.69, 9.17) is 16.6 Å². The van der Waals surface area contributed by atoms with Gasteiger partial charge in [-0.3, -0.25) is 0 Å². The summed E-state index contributed by atoms with van der Waals surface area (Å²) in [5.74, 6) is 1.14. The SMILES string of the molecule is [2H]c1c([2H])c(-c2cc(C([2H])([2H])C(C)C)cc(-c3ccc4c(c3)C(C)(C)CCC4(C)C)c2N2[CH-]N(c3[c-]c(Oc4[c-]c5c(cc4)c4ccccc4n5-c4cc(C(C)(C)C)ccn4)ccc3)c3ccccc32)c([2H])c(C([2H])([2H])[2H])c1[2H].[Pt]. The maximum atomic E-state index is 9.64. The third kappa shape index (κ3) is 8.90. The topological polar surface area (TPSA) is 33.5 Å². The summed E-state index contributed by atoms with van der Waals surface area (Å²) in [5, 5.41) is 2.06. The minimum Gasteiger partial charge on any atom is -0.509 e. The molecule has 6 heteroatoms. The molecule has 3 heterocycles. The van der Waals surface area contributed by atoms with Crippen molar-refractivity contribution in [3.63, 3.8) is 0 Å². The molecule has 71 heavy (non-hydrogen) atoms. The Balaban J connectivity index is 0.00000720. The molecule has 1 aliphatic carbocycles. The van der Waals surface area contributed by atoms with E-state index in [1.54, 1.807) is 19.9 Å². The number of para-hydroxylation sites is 3. The summed E-state index contributed by atoms with van der Waals surface area (Å²) in [4.78, 5) is 8.76. The maximum Gasteiger partial charge on any atom is 0.135 e. The number of ether oxygens (including phenoxy) is 1. The van der Waals surface area contributed by atoms with Crippen molar-refractivity contribution in [3.05, 3.63) is 198 Å². The molecule has 0 radical (unpaired) electrons. The van der Waals surface area contributed by atoms with Gasteiger partial charge in [-0.05, 0) is 129 Å². The zero-order chi connectivity index (χ0) is 56.5. The van der Waals surface area contributed by atoms with Crippen LogP contribution >= 0.6 is 0 Å². The van der Waals surface area contributed by atoms with E-state index in [9.17, 15) is 5.48 Å². The molecule has 9 aromatic rings. The van der Waals surface area contributed by atoms with Crippen molar-refractivity contribution >= 4 is 44.6 Å². The fourth-order valence-corrected chi connectivity index (χ4v) is 10.4. The molecule has 11 rings (SSSR count). The monoisotopic (exact) mass is 1120 g/mol. The molecular weight excluding hydrogens is 1050 g/mol. The molecule has 5 nitrogen and oxygen atoms in total. The van der Waals surface area contributed by atoms with Crippen LogP contribution in [0.25, 0.3) is 49.9 Å². The second-order valence-electron chi connectivity index (χ2n) is 21.4. The van der Waals surface area contributed by atoms with Crippen molar-refractivity contribution in [2.24, 2.45) is 5.92 Å². The fourth-order valence-electron chi connectivity index (χ4n) is 10.4. The molecule has 0 saturated heterocycles. The summed E-state index contributed by atoms with van der Waals surface area (Å²) >= 11 is 0. The molecule has 0 spiro atoms. The van der Waals surface area contributed by atoms with E-state index in [0.717, 1.165) is 62.8 Å². The molecule has 0 N–H and O–H groups in total. The molecule has 0 bridgehead atoms. The van der Waals surface area contributed by atoms with Crippen LogP contribution in [0.15, 0.2) is 152 Å². The molecule has 0 atom stereocenters. The Bertz CT molecular complexity index is 3930. The van der Waals surface area contributed by atoms with E-state index < -0.39 is 48.9 Å². The summed E-state index contributed by atoms with van der Waals surface area (Å²) in [7, 11) is 0. The van der Waals surface area contributed by atoms with Crippen LogP contribution in [0.4, 0.5) is 22.7 Å². The van der Waals surface area contributed by atoms with Gasteiger partial charge in [-0.25, -0.2) is 4.98 Å². The number of nitrogens with zero attached hydrogens (tertiary/aromatic N) is 4. The largest absolute Gasteiger partial charge is 0.509 e. The van der Waals surface area contributed by atoms with Crippen molar-refractivity contribution in [2.75, 3.05) is 9.80 Å². The molecule has 0 unspecified atom stereocenters. The third-order valence-corrected chi connectivity index (χ3v) is 14.1. The first-order valence-electron chi connectivity index (χ1n) is 28.8. The smallest absolute Gasteiger partial charge is 0.135 e. The average molecular weight is 1120 g/mol. The van der Waals surface area contributed by atoms with Gasteiger partial charge in [0.05, 0.1) is 5.48 Å². The number of anilines is 4. The zero-order valence-corrected chi connectivity index (χ0v) is 44.0. The van der Waals surface area contributed by atoms with Crippen LogP contribution < -0.4 is 14.5 Å². The predicted molar refractivity (Wildman–Crippen MR) is 292 cm³/mol. The predicted octanol–water partition coefficient (Wildman–Crippen LogP) is 17.5. The van der Waals surface area contributed by atoms with Gasteiger partial charge in [0.25, 0.3) is 0 Å². The Morgan fingerprint density at radius 2 is 1.48 bits per heavy atom. The Morgan fingerprint density at radius 3 is 2.24 bits per heavy atom. The number of aromatic nitrogens is 2. The van der Waals surface area contributed by atoms with Gasteiger partial charge in [-0.2, -0.15) is 12.1 Å². The summed E-state index contributed by atoms with van der Waals surface area (Å²) in [6.07, 6.45) is 1.85. The molecule has 0 amide bonds. The molecule has 2 aromatic heterocycles. The summed E-state index contributed by atoms with van der Waals surface area (Å²) in [5.41, 5.74) is 8.36. The van der Waals surface area contributed by atoms with Crippen LogP contribution in [0.3, 0.4) is 0 Å². The fraction of sp³-hybridized carbons (Fsp3) is 0.262. The summed E-state index contributed by atoms with van der Waals surface area (Å²) in [6.45, 7) is 18.1.